The molecule has 0 bridgehead atoms. The van der Waals surface area contributed by atoms with E-state index >= 15 is 0 Å². The fraction of sp³-hybridized carbons (Fsp3) is 0. The lowest BCUT2D eigenvalue weighted by atomic mass is 10.3. The molecule has 0 aliphatic rings. The van der Waals surface area contributed by atoms with Gasteiger partial charge in [0.1, 0.15) is 5.15 Å². The molecule has 2 N–H and O–H groups in total. The number of rotatable bonds is 0. The third-order valence-electron chi connectivity index (χ3n) is 1.35. The van der Waals surface area contributed by atoms with Gasteiger partial charge in [-0.3, -0.25) is 0 Å². The Labute approximate surface area is 66.9 Å². The second kappa shape index (κ2) is 2.10. The highest BCUT2D eigenvalue weighted by atomic mass is 35.5. The first-order chi connectivity index (χ1) is 5.27. The molecule has 2 rings (SSSR count). The minimum absolute atomic E-state index is 0.337. The number of hydrogen-bond donors (Lipinski definition) is 1. The molecule has 0 aliphatic carbocycles. The SMILES string of the molecule is Nc1noc2cc(Cl)ncc12. The van der Waals surface area contributed by atoms with Crippen molar-refractivity contribution in [2.75, 3.05) is 5.73 Å². The fourth-order valence-electron chi connectivity index (χ4n) is 0.828. The topological polar surface area (TPSA) is 64.9 Å². The van der Waals surface area contributed by atoms with Crippen LogP contribution in [0.15, 0.2) is 16.8 Å². The normalized spacial score (nSPS) is 10.6. The summed E-state index contributed by atoms with van der Waals surface area (Å²) in [7, 11) is 0. The lowest BCUT2D eigenvalue weighted by molar-refractivity contribution is 0.460. The molecular formula is C6H4ClN3O. The van der Waals surface area contributed by atoms with Crippen LogP contribution >= 0.6 is 11.6 Å². The molecular weight excluding hydrogens is 166 g/mol. The van der Waals surface area contributed by atoms with E-state index in [2.05, 4.69) is 10.1 Å². The van der Waals surface area contributed by atoms with Gasteiger partial charge in [0, 0.05) is 12.3 Å². The molecule has 0 unspecified atom stereocenters. The van der Waals surface area contributed by atoms with Crippen LogP contribution in [-0.2, 0) is 0 Å². The van der Waals surface area contributed by atoms with Crippen LogP contribution in [0.5, 0.6) is 0 Å². The molecule has 0 atom stereocenters. The van der Waals surface area contributed by atoms with Crippen molar-refractivity contribution in [2.24, 2.45) is 0 Å². The van der Waals surface area contributed by atoms with Crippen molar-refractivity contribution in [2.45, 2.75) is 0 Å². The van der Waals surface area contributed by atoms with Crippen LogP contribution in [0.3, 0.4) is 0 Å². The molecule has 0 fully saturated rings. The standard InChI is InChI=1S/C6H4ClN3O/c7-5-1-4-3(2-9-5)6(8)10-11-4/h1-2H,(H2,8,10). The molecule has 0 amide bonds. The first-order valence-electron chi connectivity index (χ1n) is 2.94. The molecule has 0 spiro atoms. The van der Waals surface area contributed by atoms with Gasteiger partial charge in [-0.25, -0.2) is 4.98 Å². The van der Waals surface area contributed by atoms with E-state index < -0.39 is 0 Å². The van der Waals surface area contributed by atoms with E-state index in [1.54, 1.807) is 6.07 Å². The van der Waals surface area contributed by atoms with E-state index in [1.165, 1.54) is 6.20 Å². The molecule has 2 aromatic heterocycles. The second-order valence-corrected chi connectivity index (χ2v) is 2.46. The minimum Gasteiger partial charge on any atom is -0.380 e. The van der Waals surface area contributed by atoms with Crippen LogP contribution in [0.2, 0.25) is 5.15 Å². The van der Waals surface area contributed by atoms with Gasteiger partial charge in [-0.15, -0.1) is 0 Å². The summed E-state index contributed by atoms with van der Waals surface area (Å²) in [6.07, 6.45) is 1.53. The predicted molar refractivity (Wildman–Crippen MR) is 41.2 cm³/mol. The van der Waals surface area contributed by atoms with Gasteiger partial charge in [0.2, 0.25) is 0 Å². The van der Waals surface area contributed by atoms with E-state index in [-0.39, 0.29) is 0 Å². The molecule has 2 aromatic rings. The highest BCUT2D eigenvalue weighted by molar-refractivity contribution is 6.30. The summed E-state index contributed by atoms with van der Waals surface area (Å²) in [6.45, 7) is 0. The molecule has 11 heavy (non-hydrogen) atoms. The minimum atomic E-state index is 0.337. The van der Waals surface area contributed by atoms with Crippen LogP contribution in [0, 0.1) is 0 Å². The molecule has 0 saturated heterocycles. The molecule has 5 heteroatoms. The van der Waals surface area contributed by atoms with Gasteiger partial charge >= 0.3 is 0 Å². The zero-order valence-corrected chi connectivity index (χ0v) is 6.17. The van der Waals surface area contributed by atoms with Gasteiger partial charge < -0.3 is 10.3 Å². The molecule has 0 aliphatic heterocycles. The predicted octanol–water partition coefficient (Wildman–Crippen LogP) is 1.46. The quantitative estimate of drug-likeness (QED) is 0.607. The number of anilines is 1. The number of nitrogen functional groups attached to an aromatic ring is 1. The van der Waals surface area contributed by atoms with Crippen molar-refractivity contribution in [1.29, 1.82) is 0 Å². The van der Waals surface area contributed by atoms with Gasteiger partial charge in [0.05, 0.1) is 5.39 Å². The Hall–Kier alpha value is -1.29. The third-order valence-corrected chi connectivity index (χ3v) is 1.56. The number of pyridine rings is 1. The molecule has 2 heterocycles. The van der Waals surface area contributed by atoms with E-state index in [9.17, 15) is 0 Å². The van der Waals surface area contributed by atoms with E-state index in [4.69, 9.17) is 21.9 Å². The first kappa shape index (κ1) is 6.42. The Morgan fingerprint density at radius 3 is 3.18 bits per heavy atom. The Morgan fingerprint density at radius 1 is 1.55 bits per heavy atom. The van der Waals surface area contributed by atoms with Crippen molar-refractivity contribution in [1.82, 2.24) is 10.1 Å². The van der Waals surface area contributed by atoms with E-state index in [1.807, 2.05) is 0 Å². The largest absolute Gasteiger partial charge is 0.380 e. The summed E-state index contributed by atoms with van der Waals surface area (Å²) in [5.41, 5.74) is 6.00. The van der Waals surface area contributed by atoms with Gasteiger partial charge in [-0.1, -0.05) is 16.8 Å². The average Bonchev–Trinajstić information content (AvgIpc) is 2.32. The Bertz CT molecular complexity index is 398. The number of aromatic nitrogens is 2. The highest BCUT2D eigenvalue weighted by Crippen LogP contribution is 2.20. The maximum Gasteiger partial charge on any atom is 0.176 e. The van der Waals surface area contributed by atoms with E-state index in [0.717, 1.165) is 0 Å². The van der Waals surface area contributed by atoms with Crippen molar-refractivity contribution in [3.63, 3.8) is 0 Å². The smallest absolute Gasteiger partial charge is 0.176 e. The number of fused-ring (bicyclic) bond motifs is 1. The first-order valence-corrected chi connectivity index (χ1v) is 3.31. The molecule has 0 saturated carbocycles. The Kier molecular flexibility index (Phi) is 1.22. The summed E-state index contributed by atoms with van der Waals surface area (Å²) in [5.74, 6) is 0.337. The molecule has 56 valence electrons. The summed E-state index contributed by atoms with van der Waals surface area (Å²) in [4.78, 5) is 3.83. The van der Waals surface area contributed by atoms with Crippen LogP contribution in [0.1, 0.15) is 0 Å². The lowest BCUT2D eigenvalue weighted by Crippen LogP contribution is -1.83. The second-order valence-electron chi connectivity index (χ2n) is 2.07. The number of halogens is 1. The maximum atomic E-state index is 5.59. The zero-order chi connectivity index (χ0) is 7.84. The number of hydrogen-bond acceptors (Lipinski definition) is 4. The summed E-state index contributed by atoms with van der Waals surface area (Å²) < 4.78 is 4.83. The number of nitrogens with two attached hydrogens (primary N) is 1. The van der Waals surface area contributed by atoms with Crippen LogP contribution < -0.4 is 5.73 Å². The van der Waals surface area contributed by atoms with Crippen molar-refractivity contribution >= 4 is 28.4 Å². The van der Waals surface area contributed by atoms with Gasteiger partial charge in [-0.05, 0) is 0 Å². The van der Waals surface area contributed by atoms with E-state index in [0.29, 0.717) is 21.9 Å². The number of nitrogens with zero attached hydrogens (tertiary/aromatic N) is 2. The highest BCUT2D eigenvalue weighted by Gasteiger charge is 2.04. The summed E-state index contributed by atoms with van der Waals surface area (Å²) in [6, 6.07) is 1.57. The molecule has 0 aromatic carbocycles. The Morgan fingerprint density at radius 2 is 2.36 bits per heavy atom. The zero-order valence-electron chi connectivity index (χ0n) is 5.41. The monoisotopic (exact) mass is 169 g/mol. The van der Waals surface area contributed by atoms with Gasteiger partial charge in [-0.2, -0.15) is 0 Å². The van der Waals surface area contributed by atoms with Crippen molar-refractivity contribution in [3.8, 4) is 0 Å². The van der Waals surface area contributed by atoms with Crippen molar-refractivity contribution < 1.29 is 4.52 Å². The third kappa shape index (κ3) is 0.914. The van der Waals surface area contributed by atoms with Crippen LogP contribution in [0.4, 0.5) is 5.82 Å². The summed E-state index contributed by atoms with van der Waals surface area (Å²) in [5, 5.41) is 4.60. The van der Waals surface area contributed by atoms with Crippen molar-refractivity contribution in [3.05, 3.63) is 17.4 Å². The maximum absolute atomic E-state index is 5.59. The lowest BCUT2D eigenvalue weighted by Gasteiger charge is -1.86. The Balaban J connectivity index is 2.86. The summed E-state index contributed by atoms with van der Waals surface area (Å²) >= 11 is 5.59. The molecule has 4 nitrogen and oxygen atoms in total. The van der Waals surface area contributed by atoms with Crippen LogP contribution in [0.25, 0.3) is 11.0 Å². The van der Waals surface area contributed by atoms with Gasteiger partial charge in [0.15, 0.2) is 11.4 Å². The van der Waals surface area contributed by atoms with Crippen LogP contribution in [-0.4, -0.2) is 10.1 Å². The molecule has 0 radical (unpaired) electrons. The van der Waals surface area contributed by atoms with Gasteiger partial charge in [0.25, 0.3) is 0 Å². The fourth-order valence-corrected chi connectivity index (χ4v) is 0.976. The average molecular weight is 170 g/mol.